The van der Waals surface area contributed by atoms with Crippen molar-refractivity contribution < 1.29 is 4.74 Å². The number of rotatable bonds is 4. The van der Waals surface area contributed by atoms with Crippen LogP contribution in [0.2, 0.25) is 0 Å². The molecule has 7 heteroatoms. The maximum atomic E-state index is 5.36. The first-order chi connectivity index (χ1) is 13.3. The molecule has 4 aliphatic heterocycles. The highest BCUT2D eigenvalue weighted by Crippen LogP contribution is 2.22. The van der Waals surface area contributed by atoms with Gasteiger partial charge in [-0.3, -0.25) is 14.8 Å². The first kappa shape index (κ1) is 18.4. The third kappa shape index (κ3) is 4.14. The Kier molecular flexibility index (Phi) is 5.69. The van der Waals surface area contributed by atoms with E-state index in [0.717, 1.165) is 44.4 Å². The SMILES string of the molecule is CN=C(NCC1CN2CCN1CC2)N1CCN(c2cccc(OC)c2)CC1. The van der Waals surface area contributed by atoms with Gasteiger partial charge in [0, 0.05) is 90.3 Å². The maximum Gasteiger partial charge on any atom is 0.193 e. The molecular weight excluding hydrogens is 340 g/mol. The number of fused-ring (bicyclic) bond motifs is 3. The summed E-state index contributed by atoms with van der Waals surface area (Å²) in [4.78, 5) is 14.6. The fourth-order valence-electron chi connectivity index (χ4n) is 4.44. The molecule has 0 aliphatic carbocycles. The summed E-state index contributed by atoms with van der Waals surface area (Å²) in [5, 5.41) is 3.64. The molecule has 0 radical (unpaired) electrons. The van der Waals surface area contributed by atoms with Crippen molar-refractivity contribution in [2.24, 2.45) is 4.99 Å². The predicted octanol–water partition coefficient (Wildman–Crippen LogP) is 0.392. The van der Waals surface area contributed by atoms with Gasteiger partial charge < -0.3 is 19.9 Å². The van der Waals surface area contributed by atoms with Crippen molar-refractivity contribution in [1.29, 1.82) is 0 Å². The van der Waals surface area contributed by atoms with E-state index in [1.165, 1.54) is 38.4 Å². The molecule has 4 heterocycles. The molecule has 27 heavy (non-hydrogen) atoms. The average Bonchev–Trinajstić information content (AvgIpc) is 2.75. The number of hydrogen-bond acceptors (Lipinski definition) is 5. The van der Waals surface area contributed by atoms with E-state index < -0.39 is 0 Å². The molecule has 5 rings (SSSR count). The Morgan fingerprint density at radius 2 is 1.89 bits per heavy atom. The molecule has 7 nitrogen and oxygen atoms in total. The van der Waals surface area contributed by atoms with Gasteiger partial charge >= 0.3 is 0 Å². The molecule has 1 aromatic rings. The molecule has 4 fully saturated rings. The number of ether oxygens (including phenoxy) is 1. The van der Waals surface area contributed by atoms with Crippen LogP contribution in [0.4, 0.5) is 5.69 Å². The molecule has 0 saturated carbocycles. The molecule has 1 aromatic carbocycles. The average molecular weight is 373 g/mol. The summed E-state index contributed by atoms with van der Waals surface area (Å²) >= 11 is 0. The minimum atomic E-state index is 0.613. The molecule has 0 spiro atoms. The van der Waals surface area contributed by atoms with E-state index >= 15 is 0 Å². The Hall–Kier alpha value is -1.99. The lowest BCUT2D eigenvalue weighted by Crippen LogP contribution is -2.64. The second-order valence-corrected chi connectivity index (χ2v) is 7.59. The van der Waals surface area contributed by atoms with Gasteiger partial charge in [-0.05, 0) is 12.1 Å². The van der Waals surface area contributed by atoms with Crippen molar-refractivity contribution >= 4 is 11.6 Å². The lowest BCUT2D eigenvalue weighted by molar-refractivity contribution is 0.0152. The summed E-state index contributed by atoms with van der Waals surface area (Å²) in [6.07, 6.45) is 0. The van der Waals surface area contributed by atoms with Gasteiger partial charge in [0.1, 0.15) is 5.75 Å². The Morgan fingerprint density at radius 3 is 2.52 bits per heavy atom. The van der Waals surface area contributed by atoms with Gasteiger partial charge in [0.15, 0.2) is 5.96 Å². The van der Waals surface area contributed by atoms with E-state index in [9.17, 15) is 0 Å². The zero-order chi connectivity index (χ0) is 18.6. The topological polar surface area (TPSA) is 46.6 Å². The molecule has 1 N–H and O–H groups in total. The van der Waals surface area contributed by atoms with E-state index in [2.05, 4.69) is 48.1 Å². The zero-order valence-corrected chi connectivity index (χ0v) is 16.6. The summed E-state index contributed by atoms with van der Waals surface area (Å²) in [7, 11) is 3.62. The summed E-state index contributed by atoms with van der Waals surface area (Å²) in [6, 6.07) is 8.94. The number of guanidine groups is 1. The fraction of sp³-hybridized carbons (Fsp3) is 0.650. The van der Waals surface area contributed by atoms with Gasteiger partial charge in [0.05, 0.1) is 7.11 Å². The number of nitrogens with one attached hydrogen (secondary N) is 1. The fourth-order valence-corrected chi connectivity index (χ4v) is 4.44. The van der Waals surface area contributed by atoms with E-state index in [1.807, 2.05) is 13.1 Å². The zero-order valence-electron chi connectivity index (χ0n) is 16.6. The van der Waals surface area contributed by atoms with Crippen LogP contribution in [0.1, 0.15) is 0 Å². The van der Waals surface area contributed by atoms with Gasteiger partial charge in [-0.2, -0.15) is 0 Å². The molecule has 4 aliphatic rings. The Bertz CT molecular complexity index is 650. The number of methoxy groups -OCH3 is 1. The summed E-state index contributed by atoms with van der Waals surface area (Å²) in [6.45, 7) is 11.0. The van der Waals surface area contributed by atoms with Crippen LogP contribution in [0.3, 0.4) is 0 Å². The van der Waals surface area contributed by atoms with Crippen LogP contribution in [0.25, 0.3) is 0 Å². The summed E-state index contributed by atoms with van der Waals surface area (Å²) in [5.41, 5.74) is 1.23. The first-order valence-electron chi connectivity index (χ1n) is 10.1. The van der Waals surface area contributed by atoms with Gasteiger partial charge in [-0.15, -0.1) is 0 Å². The maximum absolute atomic E-state index is 5.36. The number of anilines is 1. The van der Waals surface area contributed by atoms with Gasteiger partial charge in [-0.1, -0.05) is 6.07 Å². The Balaban J connectivity index is 1.28. The quantitative estimate of drug-likeness (QED) is 0.610. The molecule has 2 bridgehead atoms. The number of aliphatic imine (C=N–C) groups is 1. The minimum Gasteiger partial charge on any atom is -0.497 e. The molecule has 1 atom stereocenters. The van der Waals surface area contributed by atoms with Crippen LogP contribution < -0.4 is 15.0 Å². The third-order valence-corrected chi connectivity index (χ3v) is 6.10. The van der Waals surface area contributed by atoms with Crippen LogP contribution in [-0.2, 0) is 0 Å². The highest BCUT2D eigenvalue weighted by Gasteiger charge is 2.32. The van der Waals surface area contributed by atoms with E-state index in [-0.39, 0.29) is 0 Å². The summed E-state index contributed by atoms with van der Waals surface area (Å²) < 4.78 is 5.36. The second-order valence-electron chi connectivity index (χ2n) is 7.59. The van der Waals surface area contributed by atoms with Crippen molar-refractivity contribution in [2.75, 3.05) is 84.5 Å². The van der Waals surface area contributed by atoms with Crippen LogP contribution in [-0.4, -0.2) is 106 Å². The van der Waals surface area contributed by atoms with Crippen LogP contribution >= 0.6 is 0 Å². The van der Waals surface area contributed by atoms with Crippen molar-refractivity contribution in [3.63, 3.8) is 0 Å². The van der Waals surface area contributed by atoms with E-state index in [4.69, 9.17) is 4.74 Å². The molecular formula is C20H32N6O. The molecule has 148 valence electrons. The number of piperazine rings is 4. The lowest BCUT2D eigenvalue weighted by Gasteiger charge is -2.48. The number of benzene rings is 1. The number of nitrogens with zero attached hydrogens (tertiary/aromatic N) is 5. The Labute approximate surface area is 162 Å². The van der Waals surface area contributed by atoms with Gasteiger partial charge in [0.25, 0.3) is 0 Å². The van der Waals surface area contributed by atoms with E-state index in [1.54, 1.807) is 7.11 Å². The van der Waals surface area contributed by atoms with Crippen molar-refractivity contribution in [1.82, 2.24) is 20.0 Å². The number of hydrogen-bond donors (Lipinski definition) is 1. The summed E-state index contributed by atoms with van der Waals surface area (Å²) in [5.74, 6) is 1.96. The molecule has 0 aromatic heterocycles. The predicted molar refractivity (Wildman–Crippen MR) is 110 cm³/mol. The molecule has 1 unspecified atom stereocenters. The third-order valence-electron chi connectivity index (χ3n) is 6.10. The first-order valence-corrected chi connectivity index (χ1v) is 10.1. The van der Waals surface area contributed by atoms with Crippen molar-refractivity contribution in [2.45, 2.75) is 6.04 Å². The smallest absolute Gasteiger partial charge is 0.193 e. The van der Waals surface area contributed by atoms with E-state index in [0.29, 0.717) is 6.04 Å². The normalized spacial score (nSPS) is 28.4. The highest BCUT2D eigenvalue weighted by atomic mass is 16.5. The Morgan fingerprint density at radius 1 is 1.11 bits per heavy atom. The van der Waals surface area contributed by atoms with Crippen molar-refractivity contribution in [3.05, 3.63) is 24.3 Å². The molecule has 4 saturated heterocycles. The van der Waals surface area contributed by atoms with Gasteiger partial charge in [-0.25, -0.2) is 0 Å². The largest absolute Gasteiger partial charge is 0.497 e. The minimum absolute atomic E-state index is 0.613. The highest BCUT2D eigenvalue weighted by molar-refractivity contribution is 5.80. The van der Waals surface area contributed by atoms with Gasteiger partial charge in [0.2, 0.25) is 0 Å². The van der Waals surface area contributed by atoms with Crippen molar-refractivity contribution in [3.8, 4) is 5.75 Å². The monoisotopic (exact) mass is 372 g/mol. The standard InChI is InChI=1S/C20H32N6O/c1-21-20(22-15-18-16-23-6-8-25(18)9-7-23)26-12-10-24(11-13-26)17-4-3-5-19(14-17)27-2/h3-5,14,18H,6-13,15-16H2,1-2H3,(H,21,22). The molecule has 0 amide bonds. The lowest BCUT2D eigenvalue weighted by atomic mass is 10.1. The van der Waals surface area contributed by atoms with Crippen LogP contribution in [0, 0.1) is 0 Å². The second kappa shape index (κ2) is 8.35. The van der Waals surface area contributed by atoms with Crippen LogP contribution in [0.5, 0.6) is 5.75 Å². The van der Waals surface area contributed by atoms with Crippen LogP contribution in [0.15, 0.2) is 29.3 Å².